The second-order valence-corrected chi connectivity index (χ2v) is 13.9. The Labute approximate surface area is 141 Å². The summed E-state index contributed by atoms with van der Waals surface area (Å²) in [5.41, 5.74) is 0.720. The normalized spacial score (nSPS) is 19.5. The van der Waals surface area contributed by atoms with E-state index in [-0.39, 0.29) is 16.7 Å². The van der Waals surface area contributed by atoms with Gasteiger partial charge >= 0.3 is 0 Å². The van der Waals surface area contributed by atoms with Gasteiger partial charge in [-0.15, -0.1) is 0 Å². The first-order valence-corrected chi connectivity index (χ1v) is 11.6. The molecule has 0 amide bonds. The predicted octanol–water partition coefficient (Wildman–Crippen LogP) is 5.32. The maximum atomic E-state index is 13.1. The summed E-state index contributed by atoms with van der Waals surface area (Å²) >= 11 is 0. The fourth-order valence-corrected chi connectivity index (χ4v) is 4.01. The van der Waals surface area contributed by atoms with Crippen molar-refractivity contribution in [1.29, 1.82) is 0 Å². The van der Waals surface area contributed by atoms with Crippen LogP contribution in [0, 0.1) is 5.41 Å². The molecule has 0 spiro atoms. The number of rotatable bonds is 5. The average molecular weight is 337 g/mol. The number of ketones is 1. The van der Waals surface area contributed by atoms with Crippen LogP contribution in [0.4, 0.5) is 0 Å². The zero-order chi connectivity index (χ0) is 17.5. The van der Waals surface area contributed by atoms with Crippen molar-refractivity contribution in [3.63, 3.8) is 0 Å². The van der Waals surface area contributed by atoms with Crippen LogP contribution in [0.15, 0.2) is 16.7 Å². The highest BCUT2D eigenvalue weighted by atomic mass is 28.4. The summed E-state index contributed by atoms with van der Waals surface area (Å²) in [6, 6.07) is 2.01. The van der Waals surface area contributed by atoms with E-state index >= 15 is 0 Å². The third-order valence-electron chi connectivity index (χ3n) is 5.62. The highest BCUT2D eigenvalue weighted by Gasteiger charge is 2.42. The van der Waals surface area contributed by atoms with Crippen molar-refractivity contribution in [2.75, 3.05) is 6.61 Å². The minimum absolute atomic E-state index is 0.105. The molecule has 1 aromatic rings. The fraction of sp³-hybridized carbons (Fsp3) is 0.737. The number of Topliss-reactive ketones (excluding diaryl/α,β-unsaturated/α-hetero) is 1. The largest absolute Gasteiger partial charge is 0.468 e. The summed E-state index contributed by atoms with van der Waals surface area (Å²) in [6.07, 6.45) is 4.69. The van der Waals surface area contributed by atoms with Gasteiger partial charge in [-0.2, -0.15) is 0 Å². The molecule has 0 saturated carbocycles. The standard InChI is InChI=1S/C19H32O3Si/c1-18(2,3)23(6,7)22-13-19(4,5)17(20)15-10-8-9-14-11-12-21-16(14)15/h11-12,15H,8-10,13H2,1-7H3. The molecule has 130 valence electrons. The van der Waals surface area contributed by atoms with Gasteiger partial charge in [0, 0.05) is 12.0 Å². The van der Waals surface area contributed by atoms with Crippen LogP contribution in [0.2, 0.25) is 18.1 Å². The Kier molecular flexibility index (Phi) is 4.98. The van der Waals surface area contributed by atoms with Crippen LogP contribution < -0.4 is 0 Å². The maximum absolute atomic E-state index is 13.1. The molecule has 0 saturated heterocycles. The van der Waals surface area contributed by atoms with Crippen LogP contribution in [0.1, 0.15) is 64.7 Å². The van der Waals surface area contributed by atoms with Crippen LogP contribution in [0.25, 0.3) is 0 Å². The Morgan fingerprint density at radius 2 is 1.96 bits per heavy atom. The Morgan fingerprint density at radius 3 is 2.57 bits per heavy atom. The molecule has 0 aliphatic heterocycles. The maximum Gasteiger partial charge on any atom is 0.192 e. The molecule has 1 heterocycles. The second kappa shape index (κ2) is 6.21. The molecule has 4 heteroatoms. The van der Waals surface area contributed by atoms with Gasteiger partial charge in [-0.1, -0.05) is 34.6 Å². The molecule has 0 fully saturated rings. The van der Waals surface area contributed by atoms with Gasteiger partial charge in [0.05, 0.1) is 12.2 Å². The molecule has 0 radical (unpaired) electrons. The molecule has 1 aliphatic rings. The van der Waals surface area contributed by atoms with Crippen LogP contribution >= 0.6 is 0 Å². The summed E-state index contributed by atoms with van der Waals surface area (Å²) in [5, 5.41) is 0.158. The Bertz CT molecular complexity index is 563. The van der Waals surface area contributed by atoms with Gasteiger partial charge < -0.3 is 8.84 Å². The summed E-state index contributed by atoms with van der Waals surface area (Å²) in [5.74, 6) is 1.04. The van der Waals surface area contributed by atoms with Crippen molar-refractivity contribution in [3.8, 4) is 0 Å². The molecular weight excluding hydrogens is 304 g/mol. The lowest BCUT2D eigenvalue weighted by Gasteiger charge is -2.39. The lowest BCUT2D eigenvalue weighted by Crippen LogP contribution is -2.45. The van der Waals surface area contributed by atoms with Crippen molar-refractivity contribution in [2.45, 2.75) is 77.9 Å². The molecule has 1 aromatic heterocycles. The number of hydrogen-bond acceptors (Lipinski definition) is 3. The number of carbonyl (C=O) groups excluding carboxylic acids is 1. The van der Waals surface area contributed by atoms with E-state index in [1.165, 1.54) is 5.56 Å². The molecule has 1 unspecified atom stereocenters. The van der Waals surface area contributed by atoms with E-state index in [1.54, 1.807) is 6.26 Å². The van der Waals surface area contributed by atoms with Crippen LogP contribution in [-0.2, 0) is 15.6 Å². The first-order chi connectivity index (χ1) is 10.5. The van der Waals surface area contributed by atoms with Crippen LogP contribution in [0.5, 0.6) is 0 Å². The molecule has 1 aliphatic carbocycles. The lowest BCUT2D eigenvalue weighted by atomic mass is 9.76. The van der Waals surface area contributed by atoms with Crippen molar-refractivity contribution in [3.05, 3.63) is 23.7 Å². The van der Waals surface area contributed by atoms with Crippen molar-refractivity contribution >= 4 is 14.1 Å². The summed E-state index contributed by atoms with van der Waals surface area (Å²) in [7, 11) is -1.84. The topological polar surface area (TPSA) is 39.4 Å². The van der Waals surface area contributed by atoms with Crippen LogP contribution in [-0.4, -0.2) is 20.7 Å². The monoisotopic (exact) mass is 336 g/mol. The van der Waals surface area contributed by atoms with E-state index in [0.29, 0.717) is 6.61 Å². The highest BCUT2D eigenvalue weighted by molar-refractivity contribution is 6.74. The highest BCUT2D eigenvalue weighted by Crippen LogP contribution is 2.40. The van der Waals surface area contributed by atoms with E-state index in [1.807, 2.05) is 19.9 Å². The molecule has 2 rings (SSSR count). The minimum Gasteiger partial charge on any atom is -0.468 e. The molecular formula is C19H32O3Si. The number of hydrogen-bond donors (Lipinski definition) is 0. The van der Waals surface area contributed by atoms with Crippen molar-refractivity contribution in [2.24, 2.45) is 5.41 Å². The van der Waals surface area contributed by atoms with E-state index in [9.17, 15) is 4.79 Å². The summed E-state index contributed by atoms with van der Waals surface area (Å²) in [6.45, 7) is 15.7. The van der Waals surface area contributed by atoms with Crippen molar-refractivity contribution in [1.82, 2.24) is 0 Å². The third kappa shape index (κ3) is 3.80. The van der Waals surface area contributed by atoms with E-state index in [2.05, 4.69) is 33.9 Å². The Morgan fingerprint density at radius 1 is 1.30 bits per heavy atom. The third-order valence-corrected chi connectivity index (χ3v) is 10.1. The Hall–Kier alpha value is -0.873. The van der Waals surface area contributed by atoms with Gasteiger partial charge in [0.1, 0.15) is 5.76 Å². The van der Waals surface area contributed by atoms with Gasteiger partial charge in [0.2, 0.25) is 0 Å². The first-order valence-electron chi connectivity index (χ1n) is 8.70. The average Bonchev–Trinajstić information content (AvgIpc) is 2.91. The van der Waals surface area contributed by atoms with Gasteiger partial charge in [0.25, 0.3) is 0 Å². The van der Waals surface area contributed by atoms with E-state index < -0.39 is 13.7 Å². The smallest absolute Gasteiger partial charge is 0.192 e. The molecule has 23 heavy (non-hydrogen) atoms. The van der Waals surface area contributed by atoms with Crippen LogP contribution in [0.3, 0.4) is 0 Å². The molecule has 3 nitrogen and oxygen atoms in total. The van der Waals surface area contributed by atoms with E-state index in [4.69, 9.17) is 8.84 Å². The van der Waals surface area contributed by atoms with Gasteiger partial charge in [-0.3, -0.25) is 4.79 Å². The zero-order valence-corrected chi connectivity index (χ0v) is 16.8. The number of carbonyl (C=O) groups is 1. The Balaban J connectivity index is 2.10. The van der Waals surface area contributed by atoms with Gasteiger partial charge in [-0.25, -0.2) is 0 Å². The number of fused-ring (bicyclic) bond motifs is 1. The quantitative estimate of drug-likeness (QED) is 0.683. The van der Waals surface area contributed by atoms with Gasteiger partial charge in [0.15, 0.2) is 14.1 Å². The summed E-state index contributed by atoms with van der Waals surface area (Å²) < 4.78 is 12.0. The second-order valence-electron chi connectivity index (χ2n) is 9.05. The zero-order valence-electron chi connectivity index (χ0n) is 15.8. The van der Waals surface area contributed by atoms with Gasteiger partial charge in [-0.05, 0) is 49.0 Å². The first kappa shape index (κ1) is 18.5. The van der Waals surface area contributed by atoms with E-state index in [0.717, 1.165) is 25.0 Å². The molecule has 0 N–H and O–H groups in total. The van der Waals surface area contributed by atoms with Crippen molar-refractivity contribution < 1.29 is 13.6 Å². The predicted molar refractivity (Wildman–Crippen MR) is 96.3 cm³/mol. The number of aryl methyl sites for hydroxylation is 1. The lowest BCUT2D eigenvalue weighted by molar-refractivity contribution is -0.131. The fourth-order valence-electron chi connectivity index (χ4n) is 2.86. The number of furan rings is 1. The minimum atomic E-state index is -1.84. The molecule has 0 aromatic carbocycles. The summed E-state index contributed by atoms with van der Waals surface area (Å²) in [4.78, 5) is 13.1. The molecule has 0 bridgehead atoms. The molecule has 1 atom stereocenters. The SMILES string of the molecule is CC(C)(CO[Si](C)(C)C(C)(C)C)C(=O)C1CCCc2ccoc21.